The van der Waals surface area contributed by atoms with Gasteiger partial charge in [-0.2, -0.15) is 0 Å². The molecule has 11 aromatic rings. The molecule has 3 nitrogen and oxygen atoms in total. The molecule has 1 aliphatic carbocycles. The molecule has 0 saturated carbocycles. The third-order valence-corrected chi connectivity index (χ3v) is 13.2. The van der Waals surface area contributed by atoms with Crippen LogP contribution in [0.1, 0.15) is 0 Å². The van der Waals surface area contributed by atoms with Gasteiger partial charge in [-0.25, -0.2) is 15.0 Å². The summed E-state index contributed by atoms with van der Waals surface area (Å²) in [5, 5.41) is 7.49. The molecule has 0 spiro atoms. The smallest absolute Gasteiger partial charge is 0.164 e. The van der Waals surface area contributed by atoms with Gasteiger partial charge in [0.05, 0.1) is 0 Å². The summed E-state index contributed by atoms with van der Waals surface area (Å²) < 4.78 is 4.99. The first-order valence-corrected chi connectivity index (χ1v) is 19.7. The maximum absolute atomic E-state index is 5.27. The summed E-state index contributed by atoms with van der Waals surface area (Å²) >= 11 is 3.64. The lowest BCUT2D eigenvalue weighted by atomic mass is 9.92. The van der Waals surface area contributed by atoms with Crippen molar-refractivity contribution in [3.8, 4) is 67.5 Å². The number of fused-ring (bicyclic) bond motifs is 9. The predicted molar refractivity (Wildman–Crippen MR) is 229 cm³/mol. The van der Waals surface area contributed by atoms with Gasteiger partial charge in [-0.3, -0.25) is 0 Å². The van der Waals surface area contributed by atoms with Gasteiger partial charge in [-0.1, -0.05) is 121 Å². The minimum atomic E-state index is 0.664. The Balaban J connectivity index is 1.07. The van der Waals surface area contributed by atoms with Crippen LogP contribution in [0, 0.1) is 0 Å². The van der Waals surface area contributed by atoms with Crippen LogP contribution in [0.3, 0.4) is 0 Å². The van der Waals surface area contributed by atoms with E-state index in [4.69, 9.17) is 15.0 Å². The van der Waals surface area contributed by atoms with Crippen LogP contribution in [-0.4, -0.2) is 15.0 Å². The Morgan fingerprint density at radius 2 is 0.907 bits per heavy atom. The second-order valence-corrected chi connectivity index (χ2v) is 16.1. The monoisotopic (exact) mass is 721 g/mol. The van der Waals surface area contributed by atoms with Gasteiger partial charge in [-0.05, 0) is 86.6 Å². The van der Waals surface area contributed by atoms with Crippen molar-refractivity contribution in [3.05, 3.63) is 164 Å². The summed E-state index contributed by atoms with van der Waals surface area (Å²) in [6.07, 6.45) is 0. The summed E-state index contributed by atoms with van der Waals surface area (Å²) in [5.74, 6) is 2.01. The third-order valence-electron chi connectivity index (χ3n) is 10.9. The molecule has 0 N–H and O–H groups in total. The lowest BCUT2D eigenvalue weighted by molar-refractivity contribution is 1.08. The van der Waals surface area contributed by atoms with E-state index < -0.39 is 0 Å². The third kappa shape index (κ3) is 4.43. The van der Waals surface area contributed by atoms with E-state index in [1.807, 2.05) is 40.9 Å². The topological polar surface area (TPSA) is 38.7 Å². The first-order chi connectivity index (χ1) is 26.7. The van der Waals surface area contributed by atoms with E-state index in [2.05, 4.69) is 146 Å². The Hall–Kier alpha value is -6.53. The molecule has 54 heavy (non-hydrogen) atoms. The summed E-state index contributed by atoms with van der Waals surface area (Å²) in [6, 6.07) is 59.0. The van der Waals surface area contributed by atoms with Gasteiger partial charge in [-0.15, -0.1) is 22.7 Å². The molecule has 0 fully saturated rings. The highest BCUT2D eigenvalue weighted by atomic mass is 32.1. The molecule has 250 valence electrons. The highest BCUT2D eigenvalue weighted by Gasteiger charge is 2.25. The fourth-order valence-electron chi connectivity index (χ4n) is 8.47. The molecule has 3 aromatic heterocycles. The van der Waals surface area contributed by atoms with Crippen LogP contribution in [0.25, 0.3) is 119 Å². The van der Waals surface area contributed by atoms with E-state index in [1.54, 1.807) is 0 Å². The zero-order valence-corrected chi connectivity index (χ0v) is 30.4. The Bertz CT molecular complexity index is 3330. The highest BCUT2D eigenvalue weighted by molar-refractivity contribution is 7.26. The molecule has 0 saturated heterocycles. The van der Waals surface area contributed by atoms with Crippen LogP contribution in [0.15, 0.2) is 164 Å². The Morgan fingerprint density at radius 3 is 1.80 bits per heavy atom. The molecule has 3 heterocycles. The van der Waals surface area contributed by atoms with Gasteiger partial charge in [0.2, 0.25) is 0 Å². The maximum Gasteiger partial charge on any atom is 0.164 e. The van der Waals surface area contributed by atoms with Crippen molar-refractivity contribution in [2.45, 2.75) is 0 Å². The number of hydrogen-bond donors (Lipinski definition) is 0. The van der Waals surface area contributed by atoms with Gasteiger partial charge in [0, 0.05) is 57.0 Å². The molecular weight excluding hydrogens is 695 g/mol. The molecule has 0 radical (unpaired) electrons. The minimum absolute atomic E-state index is 0.664. The van der Waals surface area contributed by atoms with Crippen LogP contribution < -0.4 is 0 Å². The van der Waals surface area contributed by atoms with E-state index in [0.29, 0.717) is 17.5 Å². The SMILES string of the molecule is c1ccc(-c2nc(-c3ccc4sc5ccccc5c4c3)nc(-c3cccc4sc5ccc(-c6cccc7c6-c6cccc8cccc-7c68)cc5c34)n2)cc1. The number of benzene rings is 8. The van der Waals surface area contributed by atoms with Gasteiger partial charge in [0.15, 0.2) is 17.5 Å². The summed E-state index contributed by atoms with van der Waals surface area (Å²) in [7, 11) is 0. The maximum atomic E-state index is 5.27. The molecule has 1 aliphatic rings. The fraction of sp³-hybridized carbons (Fsp3) is 0. The van der Waals surface area contributed by atoms with Gasteiger partial charge in [0.25, 0.3) is 0 Å². The van der Waals surface area contributed by atoms with Crippen LogP contribution >= 0.6 is 22.7 Å². The normalized spacial score (nSPS) is 12.1. The van der Waals surface area contributed by atoms with Crippen LogP contribution in [0.4, 0.5) is 0 Å². The van der Waals surface area contributed by atoms with Gasteiger partial charge < -0.3 is 0 Å². The van der Waals surface area contributed by atoms with Crippen molar-refractivity contribution >= 4 is 73.8 Å². The molecular formula is C49H27N3S2. The van der Waals surface area contributed by atoms with Crippen molar-refractivity contribution in [2.75, 3.05) is 0 Å². The van der Waals surface area contributed by atoms with E-state index in [9.17, 15) is 0 Å². The molecule has 0 aliphatic heterocycles. The number of hydrogen-bond acceptors (Lipinski definition) is 5. The Morgan fingerprint density at radius 1 is 0.315 bits per heavy atom. The van der Waals surface area contributed by atoms with Crippen molar-refractivity contribution in [2.24, 2.45) is 0 Å². The quantitative estimate of drug-likeness (QED) is 0.182. The van der Waals surface area contributed by atoms with Crippen molar-refractivity contribution in [1.82, 2.24) is 15.0 Å². The van der Waals surface area contributed by atoms with Crippen LogP contribution in [0.2, 0.25) is 0 Å². The summed E-state index contributed by atoms with van der Waals surface area (Å²) in [4.78, 5) is 15.6. The zero-order valence-electron chi connectivity index (χ0n) is 28.7. The second-order valence-electron chi connectivity index (χ2n) is 13.9. The van der Waals surface area contributed by atoms with Crippen molar-refractivity contribution < 1.29 is 0 Å². The first kappa shape index (κ1) is 30.0. The first-order valence-electron chi connectivity index (χ1n) is 18.1. The molecule has 12 rings (SSSR count). The summed E-state index contributed by atoms with van der Waals surface area (Å²) in [5.41, 5.74) is 10.6. The summed E-state index contributed by atoms with van der Waals surface area (Å²) in [6.45, 7) is 0. The predicted octanol–water partition coefficient (Wildman–Crippen LogP) is 14.1. The largest absolute Gasteiger partial charge is 0.208 e. The van der Waals surface area contributed by atoms with E-state index in [0.717, 1.165) is 16.7 Å². The van der Waals surface area contributed by atoms with Crippen molar-refractivity contribution in [3.63, 3.8) is 0 Å². The number of thiophene rings is 2. The highest BCUT2D eigenvalue weighted by Crippen LogP contribution is 2.51. The van der Waals surface area contributed by atoms with E-state index in [-0.39, 0.29) is 0 Å². The number of rotatable bonds is 4. The van der Waals surface area contributed by atoms with Crippen LogP contribution in [0.5, 0.6) is 0 Å². The molecule has 8 aromatic carbocycles. The molecule has 5 heteroatoms. The number of aromatic nitrogens is 3. The Labute approximate surface area is 318 Å². The number of nitrogens with zero attached hydrogens (tertiary/aromatic N) is 3. The lowest BCUT2D eigenvalue weighted by Gasteiger charge is -2.12. The van der Waals surface area contributed by atoms with Crippen LogP contribution in [-0.2, 0) is 0 Å². The second kappa shape index (κ2) is 11.5. The van der Waals surface area contributed by atoms with Crippen molar-refractivity contribution in [1.29, 1.82) is 0 Å². The molecule has 0 bridgehead atoms. The molecule has 0 atom stereocenters. The molecule has 0 unspecified atom stereocenters. The fourth-order valence-corrected chi connectivity index (χ4v) is 10.7. The lowest BCUT2D eigenvalue weighted by Crippen LogP contribution is -2.00. The average molecular weight is 722 g/mol. The van der Waals surface area contributed by atoms with E-state index >= 15 is 0 Å². The van der Waals surface area contributed by atoms with E-state index in [1.165, 1.54) is 84.5 Å². The van der Waals surface area contributed by atoms with Gasteiger partial charge >= 0.3 is 0 Å². The van der Waals surface area contributed by atoms with Gasteiger partial charge in [0.1, 0.15) is 0 Å². The average Bonchev–Trinajstić information content (AvgIpc) is 3.91. The zero-order chi connectivity index (χ0) is 35.3. The Kier molecular flexibility index (Phi) is 6.38. The minimum Gasteiger partial charge on any atom is -0.208 e. The molecule has 0 amide bonds. The standard InChI is InChI=1S/C49H27N3S2/c1-2-10-29(11-3-1)47-50-48(31-23-25-41-38(27-31)33-14-4-5-20-40(33)53-41)52-49(51-47)37-19-9-21-43-46(37)39-26-30(22-24-42(39)54-43)32-15-8-17-35-34-16-6-12-28-13-7-18-36(44(28)34)45(32)35/h1-27H.